The third-order valence-corrected chi connectivity index (χ3v) is 3.04. The van der Waals surface area contributed by atoms with Crippen LogP contribution in [0.3, 0.4) is 0 Å². The molecule has 0 aromatic heterocycles. The molecule has 1 aromatic carbocycles. The minimum absolute atomic E-state index is 0.0210. The Bertz CT molecular complexity index is 391. The smallest absolute Gasteiger partial charge is 0.251 e. The van der Waals surface area contributed by atoms with Crippen molar-refractivity contribution in [3.05, 3.63) is 29.8 Å². The molecular weight excluding hydrogens is 232 g/mol. The van der Waals surface area contributed by atoms with E-state index in [2.05, 4.69) is 23.3 Å². The van der Waals surface area contributed by atoms with E-state index in [1.165, 1.54) is 12.8 Å². The Morgan fingerprint density at radius 3 is 2.88 bits per heavy atom. The van der Waals surface area contributed by atoms with E-state index in [1.807, 2.05) is 12.1 Å². The summed E-state index contributed by atoms with van der Waals surface area (Å²) in [4.78, 5) is 12.6. The summed E-state index contributed by atoms with van der Waals surface area (Å²) >= 11 is 4.21. The molecule has 0 saturated heterocycles. The fraction of sp³-hybridized carbons (Fsp3) is 0.462. The van der Waals surface area contributed by atoms with Crippen LogP contribution >= 0.6 is 12.6 Å². The predicted octanol–water partition coefficient (Wildman–Crippen LogP) is 1.85. The zero-order valence-corrected chi connectivity index (χ0v) is 10.7. The molecule has 1 amide bonds. The topological polar surface area (TPSA) is 41.1 Å². The molecule has 0 spiro atoms. The molecule has 0 atom stereocenters. The van der Waals surface area contributed by atoms with E-state index in [0.29, 0.717) is 5.56 Å². The molecule has 0 radical (unpaired) electrons. The second-order valence-corrected chi connectivity index (χ2v) is 4.90. The Hall–Kier alpha value is -1.00. The van der Waals surface area contributed by atoms with Crippen molar-refractivity contribution in [1.29, 1.82) is 0 Å². The van der Waals surface area contributed by atoms with Gasteiger partial charge in [-0.2, -0.15) is 0 Å². The van der Waals surface area contributed by atoms with Gasteiger partial charge in [-0.3, -0.25) is 4.79 Å². The minimum atomic E-state index is -0.0210. The van der Waals surface area contributed by atoms with Crippen LogP contribution in [0.1, 0.15) is 29.6 Å². The van der Waals surface area contributed by atoms with Crippen molar-refractivity contribution in [2.75, 3.05) is 13.1 Å². The van der Waals surface area contributed by atoms with Crippen LogP contribution in [0.5, 0.6) is 0 Å². The third-order valence-electron chi connectivity index (χ3n) is 2.76. The third kappa shape index (κ3) is 4.40. The molecule has 0 bridgehead atoms. The number of hydrogen-bond donors (Lipinski definition) is 3. The molecule has 1 aliphatic rings. The number of carbonyl (C=O) groups is 1. The van der Waals surface area contributed by atoms with Gasteiger partial charge in [0.15, 0.2) is 0 Å². The van der Waals surface area contributed by atoms with Gasteiger partial charge in [0.25, 0.3) is 5.91 Å². The van der Waals surface area contributed by atoms with Gasteiger partial charge in [-0.15, -0.1) is 12.6 Å². The van der Waals surface area contributed by atoms with Crippen molar-refractivity contribution in [2.45, 2.75) is 30.2 Å². The number of thiol groups is 1. The lowest BCUT2D eigenvalue weighted by molar-refractivity contribution is 0.0953. The molecule has 0 heterocycles. The van der Waals surface area contributed by atoms with Crippen LogP contribution in [0.15, 0.2) is 29.2 Å². The number of nitrogens with one attached hydrogen (secondary N) is 2. The van der Waals surface area contributed by atoms with E-state index in [1.54, 1.807) is 12.1 Å². The second kappa shape index (κ2) is 6.07. The summed E-state index contributed by atoms with van der Waals surface area (Å²) < 4.78 is 0. The highest BCUT2D eigenvalue weighted by molar-refractivity contribution is 7.80. The molecule has 1 saturated carbocycles. The molecule has 1 aromatic rings. The number of amides is 1. The minimum Gasteiger partial charge on any atom is -0.352 e. The first kappa shape index (κ1) is 12.5. The average molecular weight is 250 g/mol. The normalized spacial score (nSPS) is 14.6. The highest BCUT2D eigenvalue weighted by Crippen LogP contribution is 2.18. The first-order chi connectivity index (χ1) is 8.25. The fourth-order valence-corrected chi connectivity index (χ4v) is 1.86. The van der Waals surface area contributed by atoms with Crippen LogP contribution in [0, 0.1) is 0 Å². The molecule has 0 unspecified atom stereocenters. The second-order valence-electron chi connectivity index (χ2n) is 4.39. The van der Waals surface area contributed by atoms with Gasteiger partial charge < -0.3 is 10.6 Å². The van der Waals surface area contributed by atoms with Gasteiger partial charge in [0.2, 0.25) is 0 Å². The van der Waals surface area contributed by atoms with Gasteiger partial charge in [0, 0.05) is 23.0 Å². The van der Waals surface area contributed by atoms with E-state index >= 15 is 0 Å². The van der Waals surface area contributed by atoms with E-state index in [-0.39, 0.29) is 5.91 Å². The highest BCUT2D eigenvalue weighted by Gasteiger charge is 2.19. The monoisotopic (exact) mass is 250 g/mol. The van der Waals surface area contributed by atoms with Gasteiger partial charge in [-0.05, 0) is 44.0 Å². The number of hydrogen-bond acceptors (Lipinski definition) is 3. The van der Waals surface area contributed by atoms with Crippen LogP contribution in [-0.4, -0.2) is 25.0 Å². The van der Waals surface area contributed by atoms with Crippen molar-refractivity contribution >= 4 is 18.5 Å². The summed E-state index contributed by atoms with van der Waals surface area (Å²) in [5.74, 6) is -0.0210. The van der Waals surface area contributed by atoms with Crippen molar-refractivity contribution < 1.29 is 4.79 Å². The Labute approximate surface area is 107 Å². The summed E-state index contributed by atoms with van der Waals surface area (Å²) in [7, 11) is 0. The first-order valence-corrected chi connectivity index (χ1v) is 6.51. The Kier molecular flexibility index (Phi) is 4.45. The standard InChI is InChI=1S/C13H18N2OS/c16-13(10-3-1-4-12(17)9-10)15-8-2-7-14-11-5-6-11/h1,3-4,9,11,14,17H,2,5-8H2,(H,15,16). The van der Waals surface area contributed by atoms with Crippen molar-refractivity contribution in [3.8, 4) is 0 Å². The molecular formula is C13H18N2OS. The maximum atomic E-state index is 11.7. The summed E-state index contributed by atoms with van der Waals surface area (Å²) in [6.45, 7) is 1.70. The highest BCUT2D eigenvalue weighted by atomic mass is 32.1. The lowest BCUT2D eigenvalue weighted by Crippen LogP contribution is -2.27. The van der Waals surface area contributed by atoms with E-state index in [9.17, 15) is 4.79 Å². The average Bonchev–Trinajstić information content (AvgIpc) is 3.12. The van der Waals surface area contributed by atoms with Gasteiger partial charge >= 0.3 is 0 Å². The van der Waals surface area contributed by atoms with E-state index in [4.69, 9.17) is 0 Å². The molecule has 1 fully saturated rings. The van der Waals surface area contributed by atoms with Crippen LogP contribution in [0.2, 0.25) is 0 Å². The summed E-state index contributed by atoms with van der Waals surface area (Å²) in [5.41, 5.74) is 0.674. The van der Waals surface area contributed by atoms with Gasteiger partial charge in [-0.25, -0.2) is 0 Å². The van der Waals surface area contributed by atoms with Crippen LogP contribution in [-0.2, 0) is 0 Å². The first-order valence-electron chi connectivity index (χ1n) is 6.06. The predicted molar refractivity (Wildman–Crippen MR) is 71.7 cm³/mol. The SMILES string of the molecule is O=C(NCCCNC1CC1)c1cccc(S)c1. The summed E-state index contributed by atoms with van der Waals surface area (Å²) in [6.07, 6.45) is 3.59. The molecule has 2 rings (SSSR count). The summed E-state index contributed by atoms with van der Waals surface area (Å²) in [6, 6.07) is 8.02. The number of rotatable bonds is 6. The summed E-state index contributed by atoms with van der Waals surface area (Å²) in [5, 5.41) is 6.32. The van der Waals surface area contributed by atoms with Crippen molar-refractivity contribution in [1.82, 2.24) is 10.6 Å². The Balaban J connectivity index is 1.65. The van der Waals surface area contributed by atoms with Crippen molar-refractivity contribution in [2.24, 2.45) is 0 Å². The van der Waals surface area contributed by atoms with E-state index in [0.717, 1.165) is 30.4 Å². The van der Waals surface area contributed by atoms with Gasteiger partial charge in [0.1, 0.15) is 0 Å². The van der Waals surface area contributed by atoms with Gasteiger partial charge in [-0.1, -0.05) is 6.07 Å². The molecule has 3 nitrogen and oxygen atoms in total. The molecule has 2 N–H and O–H groups in total. The largest absolute Gasteiger partial charge is 0.352 e. The molecule has 4 heteroatoms. The van der Waals surface area contributed by atoms with E-state index < -0.39 is 0 Å². The number of benzene rings is 1. The quantitative estimate of drug-likeness (QED) is 0.533. The van der Waals surface area contributed by atoms with Crippen molar-refractivity contribution in [3.63, 3.8) is 0 Å². The van der Waals surface area contributed by atoms with Crippen LogP contribution in [0.4, 0.5) is 0 Å². The molecule has 17 heavy (non-hydrogen) atoms. The zero-order valence-electron chi connectivity index (χ0n) is 9.78. The lowest BCUT2D eigenvalue weighted by Gasteiger charge is -2.06. The fourth-order valence-electron chi connectivity index (χ4n) is 1.63. The maximum absolute atomic E-state index is 11.7. The number of carbonyl (C=O) groups excluding carboxylic acids is 1. The van der Waals surface area contributed by atoms with Crippen LogP contribution in [0.25, 0.3) is 0 Å². The Morgan fingerprint density at radius 2 is 2.18 bits per heavy atom. The molecule has 1 aliphatic carbocycles. The molecule has 92 valence electrons. The lowest BCUT2D eigenvalue weighted by atomic mass is 10.2. The zero-order chi connectivity index (χ0) is 12.1. The van der Waals surface area contributed by atoms with Crippen LogP contribution < -0.4 is 10.6 Å². The molecule has 0 aliphatic heterocycles. The van der Waals surface area contributed by atoms with Gasteiger partial charge in [0.05, 0.1) is 0 Å². The Morgan fingerprint density at radius 1 is 1.35 bits per heavy atom. The maximum Gasteiger partial charge on any atom is 0.251 e.